The van der Waals surface area contributed by atoms with Gasteiger partial charge in [-0.05, 0) is 60.6 Å². The van der Waals surface area contributed by atoms with Crippen molar-refractivity contribution in [2.45, 2.75) is 56.3 Å². The molecule has 0 aliphatic carbocycles. The average molecular weight is 628 g/mol. The summed E-state index contributed by atoms with van der Waals surface area (Å²) in [6, 6.07) is 8.43. The quantitative estimate of drug-likeness (QED) is 0.107. The molecule has 0 saturated heterocycles. The van der Waals surface area contributed by atoms with Gasteiger partial charge in [-0.25, -0.2) is 4.79 Å². The van der Waals surface area contributed by atoms with Crippen LogP contribution in [0.15, 0.2) is 54.7 Å². The van der Waals surface area contributed by atoms with Gasteiger partial charge in [0.2, 0.25) is 17.7 Å². The van der Waals surface area contributed by atoms with E-state index in [1.165, 1.54) is 36.0 Å². The van der Waals surface area contributed by atoms with E-state index in [1.54, 1.807) is 12.5 Å². The lowest BCUT2D eigenvalue weighted by Gasteiger charge is -2.25. The smallest absolute Gasteiger partial charge is 0.326 e. The summed E-state index contributed by atoms with van der Waals surface area (Å²) in [5, 5.41) is 36.9. The van der Waals surface area contributed by atoms with Crippen molar-refractivity contribution in [3.63, 3.8) is 0 Å². The third-order valence-corrected chi connectivity index (χ3v) is 7.61. The highest BCUT2D eigenvalue weighted by Crippen LogP contribution is 2.19. The molecule has 4 atom stereocenters. The monoisotopic (exact) mass is 627 g/mol. The molecule has 1 aromatic heterocycles. The first kappa shape index (κ1) is 33.9. The fourth-order valence-electron chi connectivity index (χ4n) is 4.56. The Hall–Kier alpha value is -4.56. The number of aromatic hydroxyl groups is 1. The van der Waals surface area contributed by atoms with E-state index in [0.29, 0.717) is 11.3 Å². The SMILES string of the molecule is CSCCC(NC(=O)C(Cc1ccc(O)cc1)NC(=O)C(CCC(=O)O)NC(=O)C(N)Cc1c[nH]c2ccccc12)C(=O)O. The number of carboxylic acids is 2. The normalized spacial score (nSPS) is 13.8. The number of fused-ring (bicyclic) bond motifs is 1. The Morgan fingerprint density at radius 1 is 0.841 bits per heavy atom. The van der Waals surface area contributed by atoms with Crippen LogP contribution in [-0.4, -0.2) is 86.1 Å². The number of thioether (sulfide) groups is 1. The number of aromatic nitrogens is 1. The summed E-state index contributed by atoms with van der Waals surface area (Å²) < 4.78 is 0. The van der Waals surface area contributed by atoms with Gasteiger partial charge in [0, 0.05) is 29.9 Å². The molecule has 3 aromatic rings. The minimum absolute atomic E-state index is 0.0118. The minimum atomic E-state index is -1.35. The summed E-state index contributed by atoms with van der Waals surface area (Å²) in [4.78, 5) is 66.0. The van der Waals surface area contributed by atoms with Gasteiger partial charge in [-0.1, -0.05) is 30.3 Å². The summed E-state index contributed by atoms with van der Waals surface area (Å²) in [5.41, 5.74) is 8.38. The van der Waals surface area contributed by atoms with E-state index < -0.39 is 60.2 Å². The van der Waals surface area contributed by atoms with Gasteiger partial charge in [0.25, 0.3) is 0 Å². The van der Waals surface area contributed by atoms with E-state index in [0.717, 1.165) is 16.5 Å². The first-order chi connectivity index (χ1) is 21.0. The Morgan fingerprint density at radius 2 is 1.48 bits per heavy atom. The van der Waals surface area contributed by atoms with Crippen molar-refractivity contribution in [3.05, 3.63) is 65.9 Å². The highest BCUT2D eigenvalue weighted by Gasteiger charge is 2.31. The number of aromatic amines is 1. The van der Waals surface area contributed by atoms with Crippen LogP contribution >= 0.6 is 11.8 Å². The number of para-hydroxylation sites is 1. The number of hydrogen-bond donors (Lipinski definition) is 8. The summed E-state index contributed by atoms with van der Waals surface area (Å²) in [6.07, 6.45) is 3.00. The lowest BCUT2D eigenvalue weighted by molar-refractivity contribution is -0.142. The number of nitrogens with one attached hydrogen (secondary N) is 4. The molecule has 3 rings (SSSR count). The number of hydrogen-bond acceptors (Lipinski definition) is 8. The lowest BCUT2D eigenvalue weighted by Crippen LogP contribution is -2.57. The van der Waals surface area contributed by atoms with Crippen molar-refractivity contribution in [3.8, 4) is 5.75 Å². The van der Waals surface area contributed by atoms with E-state index >= 15 is 0 Å². The van der Waals surface area contributed by atoms with Gasteiger partial charge in [-0.3, -0.25) is 19.2 Å². The van der Waals surface area contributed by atoms with Crippen LogP contribution in [0.3, 0.4) is 0 Å². The first-order valence-electron chi connectivity index (χ1n) is 13.9. The van der Waals surface area contributed by atoms with Crippen molar-refractivity contribution < 1.29 is 39.3 Å². The van der Waals surface area contributed by atoms with Gasteiger partial charge in [0.15, 0.2) is 0 Å². The molecule has 0 aliphatic rings. The van der Waals surface area contributed by atoms with Crippen molar-refractivity contribution in [2.75, 3.05) is 12.0 Å². The third-order valence-electron chi connectivity index (χ3n) is 6.97. The molecule has 44 heavy (non-hydrogen) atoms. The maximum atomic E-state index is 13.5. The highest BCUT2D eigenvalue weighted by atomic mass is 32.2. The Balaban J connectivity index is 1.78. The number of H-pyrrole nitrogens is 1. The van der Waals surface area contributed by atoms with E-state index in [2.05, 4.69) is 20.9 Å². The first-order valence-corrected chi connectivity index (χ1v) is 15.3. The van der Waals surface area contributed by atoms with E-state index in [-0.39, 0.29) is 31.4 Å². The summed E-state index contributed by atoms with van der Waals surface area (Å²) in [5.74, 6) is -4.29. The predicted octanol–water partition coefficient (Wildman–Crippen LogP) is 1.14. The number of benzene rings is 2. The summed E-state index contributed by atoms with van der Waals surface area (Å²) in [7, 11) is 0. The second-order valence-electron chi connectivity index (χ2n) is 10.3. The summed E-state index contributed by atoms with van der Waals surface area (Å²) in [6.45, 7) is 0. The predicted molar refractivity (Wildman–Crippen MR) is 165 cm³/mol. The van der Waals surface area contributed by atoms with Gasteiger partial charge in [-0.2, -0.15) is 11.8 Å². The molecule has 0 radical (unpaired) electrons. The molecule has 0 bridgehead atoms. The minimum Gasteiger partial charge on any atom is -0.508 e. The largest absolute Gasteiger partial charge is 0.508 e. The standard InChI is InChI=1S/C30H37N5O8S/c1-44-13-12-24(30(42)43)34-29(41)25(14-17-6-8-19(36)9-7-17)35-28(40)23(10-11-26(37)38)33-27(39)21(31)15-18-16-32-22-5-3-2-4-20(18)22/h2-9,16,21,23-25,32,36H,10-15,31H2,1H3,(H,33,39)(H,34,41)(H,35,40)(H,37,38)(H,42,43). The van der Waals surface area contributed by atoms with E-state index in [4.69, 9.17) is 5.73 Å². The fraction of sp³-hybridized carbons (Fsp3) is 0.367. The zero-order valence-electron chi connectivity index (χ0n) is 24.1. The Morgan fingerprint density at radius 3 is 2.14 bits per heavy atom. The third kappa shape index (κ3) is 10.0. The fourth-order valence-corrected chi connectivity index (χ4v) is 5.03. The molecular formula is C30H37N5O8S. The Bertz CT molecular complexity index is 1460. The molecule has 0 spiro atoms. The number of amides is 3. The van der Waals surface area contributed by atoms with Crippen LogP contribution in [0.5, 0.6) is 5.75 Å². The van der Waals surface area contributed by atoms with Gasteiger partial charge >= 0.3 is 11.9 Å². The average Bonchev–Trinajstić information content (AvgIpc) is 3.40. The molecule has 2 aromatic carbocycles. The van der Waals surface area contributed by atoms with Gasteiger partial charge in [0.05, 0.1) is 6.04 Å². The molecule has 4 unspecified atom stereocenters. The van der Waals surface area contributed by atoms with Crippen molar-refractivity contribution >= 4 is 52.3 Å². The van der Waals surface area contributed by atoms with Crippen molar-refractivity contribution in [2.24, 2.45) is 5.73 Å². The van der Waals surface area contributed by atoms with Gasteiger partial charge in [0.1, 0.15) is 23.9 Å². The van der Waals surface area contributed by atoms with Crippen LogP contribution in [-0.2, 0) is 36.8 Å². The van der Waals surface area contributed by atoms with E-state index in [9.17, 15) is 39.3 Å². The number of phenols is 1. The second kappa shape index (κ2) is 16.3. The van der Waals surface area contributed by atoms with Crippen LogP contribution in [0.4, 0.5) is 0 Å². The molecular weight excluding hydrogens is 590 g/mol. The number of rotatable bonds is 17. The number of aliphatic carboxylic acids is 2. The molecule has 0 saturated carbocycles. The Labute approximate surface area is 258 Å². The van der Waals surface area contributed by atoms with Crippen LogP contribution in [0.1, 0.15) is 30.4 Å². The number of phenolic OH excluding ortho intramolecular Hbond substituents is 1. The number of carbonyl (C=O) groups excluding carboxylic acids is 3. The zero-order valence-corrected chi connectivity index (χ0v) is 24.9. The van der Waals surface area contributed by atoms with Crippen LogP contribution < -0.4 is 21.7 Å². The molecule has 236 valence electrons. The van der Waals surface area contributed by atoms with Crippen LogP contribution in [0.25, 0.3) is 10.9 Å². The van der Waals surface area contributed by atoms with Crippen LogP contribution in [0, 0.1) is 0 Å². The molecule has 0 aliphatic heterocycles. The summed E-state index contributed by atoms with van der Waals surface area (Å²) >= 11 is 1.41. The zero-order chi connectivity index (χ0) is 32.2. The molecule has 9 N–H and O–H groups in total. The highest BCUT2D eigenvalue weighted by molar-refractivity contribution is 7.98. The molecule has 3 amide bonds. The van der Waals surface area contributed by atoms with E-state index in [1.807, 2.05) is 24.3 Å². The Kier molecular flexibility index (Phi) is 12.6. The van der Waals surface area contributed by atoms with Crippen molar-refractivity contribution in [1.29, 1.82) is 0 Å². The maximum Gasteiger partial charge on any atom is 0.326 e. The lowest BCUT2D eigenvalue weighted by atomic mass is 10.0. The molecule has 0 fully saturated rings. The van der Waals surface area contributed by atoms with Gasteiger partial charge in [-0.15, -0.1) is 0 Å². The molecule has 1 heterocycles. The van der Waals surface area contributed by atoms with Gasteiger partial charge < -0.3 is 42.0 Å². The molecule has 14 heteroatoms. The maximum absolute atomic E-state index is 13.5. The number of nitrogens with two attached hydrogens (primary N) is 1. The topological polar surface area (TPSA) is 224 Å². The van der Waals surface area contributed by atoms with Crippen molar-refractivity contribution in [1.82, 2.24) is 20.9 Å². The molecule has 13 nitrogen and oxygen atoms in total. The van der Waals surface area contributed by atoms with Crippen LogP contribution in [0.2, 0.25) is 0 Å². The second-order valence-corrected chi connectivity index (χ2v) is 11.3. The number of carbonyl (C=O) groups is 5. The number of carboxylic acid groups (broad SMARTS) is 2.